The van der Waals surface area contributed by atoms with Crippen molar-refractivity contribution >= 4 is 5.91 Å². The van der Waals surface area contributed by atoms with Crippen LogP contribution in [0.3, 0.4) is 0 Å². The van der Waals surface area contributed by atoms with E-state index < -0.39 is 0 Å². The predicted octanol–water partition coefficient (Wildman–Crippen LogP) is 3.10. The van der Waals surface area contributed by atoms with Crippen LogP contribution in [0.5, 0.6) is 5.75 Å². The molecular formula is C19H27N3O2. The van der Waals surface area contributed by atoms with Crippen molar-refractivity contribution in [2.45, 2.75) is 40.2 Å². The third kappa shape index (κ3) is 3.96. The van der Waals surface area contributed by atoms with Gasteiger partial charge in [-0.2, -0.15) is 5.10 Å². The average molecular weight is 329 g/mol. The Labute approximate surface area is 144 Å². The maximum atomic E-state index is 12.6. The van der Waals surface area contributed by atoms with E-state index >= 15 is 0 Å². The molecule has 0 saturated carbocycles. The fourth-order valence-electron chi connectivity index (χ4n) is 2.90. The molecule has 0 aliphatic heterocycles. The summed E-state index contributed by atoms with van der Waals surface area (Å²) >= 11 is 0. The summed E-state index contributed by atoms with van der Waals surface area (Å²) in [6.07, 6.45) is 0.352. The molecule has 0 radical (unpaired) electrons. The third-order valence-electron chi connectivity index (χ3n) is 4.45. The predicted molar refractivity (Wildman–Crippen MR) is 95.1 cm³/mol. The zero-order valence-electron chi connectivity index (χ0n) is 15.4. The standard InChI is InChI=1S/C19H27N3O2/c1-12(2)19(15-7-9-16(24-6)10-8-15)20-18(23)11-17-13(3)21-22(5)14(17)4/h7-10,12,19H,11H2,1-6H3,(H,20,23). The van der Waals surface area contributed by atoms with Gasteiger partial charge in [-0.1, -0.05) is 26.0 Å². The number of ether oxygens (including phenoxy) is 1. The fraction of sp³-hybridized carbons (Fsp3) is 0.474. The molecule has 1 heterocycles. The highest BCUT2D eigenvalue weighted by Gasteiger charge is 2.20. The van der Waals surface area contributed by atoms with Crippen molar-refractivity contribution in [1.29, 1.82) is 0 Å². The molecule has 0 fully saturated rings. The van der Waals surface area contributed by atoms with Crippen LogP contribution in [-0.4, -0.2) is 22.8 Å². The van der Waals surface area contributed by atoms with Crippen molar-refractivity contribution < 1.29 is 9.53 Å². The van der Waals surface area contributed by atoms with Gasteiger partial charge in [0, 0.05) is 18.3 Å². The molecule has 1 aromatic heterocycles. The summed E-state index contributed by atoms with van der Waals surface area (Å²) in [4.78, 5) is 12.6. The molecule has 5 heteroatoms. The number of hydrogen-bond acceptors (Lipinski definition) is 3. The lowest BCUT2D eigenvalue weighted by atomic mass is 9.95. The molecule has 0 bridgehead atoms. The minimum absolute atomic E-state index is 0.0173. The van der Waals surface area contributed by atoms with E-state index in [4.69, 9.17) is 4.74 Å². The molecule has 1 atom stereocenters. The molecule has 1 amide bonds. The normalized spacial score (nSPS) is 12.3. The van der Waals surface area contributed by atoms with Crippen LogP contribution < -0.4 is 10.1 Å². The van der Waals surface area contributed by atoms with E-state index in [1.54, 1.807) is 7.11 Å². The van der Waals surface area contributed by atoms with Crippen molar-refractivity contribution in [3.05, 3.63) is 46.8 Å². The Morgan fingerprint density at radius 3 is 2.33 bits per heavy atom. The van der Waals surface area contributed by atoms with Crippen molar-refractivity contribution in [3.8, 4) is 5.75 Å². The number of aryl methyl sites for hydroxylation is 2. The van der Waals surface area contributed by atoms with E-state index in [2.05, 4.69) is 24.3 Å². The Hall–Kier alpha value is -2.30. The lowest BCUT2D eigenvalue weighted by Gasteiger charge is -2.23. The topological polar surface area (TPSA) is 56.1 Å². The molecule has 2 aromatic rings. The quantitative estimate of drug-likeness (QED) is 0.886. The van der Waals surface area contributed by atoms with Gasteiger partial charge in [0.25, 0.3) is 0 Å². The largest absolute Gasteiger partial charge is 0.497 e. The number of methoxy groups -OCH3 is 1. The summed E-state index contributed by atoms with van der Waals surface area (Å²) in [5.41, 5.74) is 4.04. The second kappa shape index (κ2) is 7.51. The Bertz CT molecular complexity index is 702. The van der Waals surface area contributed by atoms with E-state index in [1.165, 1.54) is 0 Å². The molecule has 2 rings (SSSR count). The molecule has 0 saturated heterocycles. The Balaban J connectivity index is 2.13. The van der Waals surface area contributed by atoms with E-state index in [0.29, 0.717) is 12.3 Å². The maximum Gasteiger partial charge on any atom is 0.225 e. The fourth-order valence-corrected chi connectivity index (χ4v) is 2.90. The lowest BCUT2D eigenvalue weighted by Crippen LogP contribution is -2.33. The molecule has 1 unspecified atom stereocenters. The summed E-state index contributed by atoms with van der Waals surface area (Å²) < 4.78 is 7.02. The van der Waals surface area contributed by atoms with Crippen molar-refractivity contribution in [2.24, 2.45) is 13.0 Å². The Kier molecular flexibility index (Phi) is 5.65. The van der Waals surface area contributed by atoms with Crippen LogP contribution in [0.25, 0.3) is 0 Å². The van der Waals surface area contributed by atoms with E-state index in [9.17, 15) is 4.79 Å². The number of hydrogen-bond donors (Lipinski definition) is 1. The van der Waals surface area contributed by atoms with Gasteiger partial charge in [0.1, 0.15) is 5.75 Å². The van der Waals surface area contributed by atoms with Gasteiger partial charge >= 0.3 is 0 Å². The molecule has 0 aliphatic rings. The van der Waals surface area contributed by atoms with Crippen LogP contribution in [0.1, 0.15) is 42.4 Å². The third-order valence-corrected chi connectivity index (χ3v) is 4.45. The van der Waals surface area contributed by atoms with Crippen molar-refractivity contribution in [2.75, 3.05) is 7.11 Å². The van der Waals surface area contributed by atoms with Crippen LogP contribution in [0.4, 0.5) is 0 Å². The van der Waals surface area contributed by atoms with Gasteiger partial charge in [-0.3, -0.25) is 9.48 Å². The number of carbonyl (C=O) groups is 1. The molecule has 1 aromatic carbocycles. The first-order chi connectivity index (χ1) is 11.3. The molecule has 24 heavy (non-hydrogen) atoms. The van der Waals surface area contributed by atoms with Crippen LogP contribution in [0.15, 0.2) is 24.3 Å². The summed E-state index contributed by atoms with van der Waals surface area (Å²) in [5.74, 6) is 1.12. The number of amides is 1. The SMILES string of the molecule is COc1ccc(C(NC(=O)Cc2c(C)nn(C)c2C)C(C)C)cc1. The summed E-state index contributed by atoms with van der Waals surface area (Å²) in [6.45, 7) is 8.15. The zero-order valence-corrected chi connectivity index (χ0v) is 15.4. The van der Waals surface area contributed by atoms with Gasteiger partial charge < -0.3 is 10.1 Å². The first-order valence-electron chi connectivity index (χ1n) is 8.25. The van der Waals surface area contributed by atoms with Gasteiger partial charge in [-0.05, 0) is 37.5 Å². The summed E-state index contributed by atoms with van der Waals surface area (Å²) in [7, 11) is 3.55. The minimum atomic E-state index is -0.0271. The molecule has 0 aliphatic carbocycles. The number of rotatable bonds is 6. The second-order valence-electron chi connectivity index (χ2n) is 6.51. The summed E-state index contributed by atoms with van der Waals surface area (Å²) in [6, 6.07) is 7.83. The van der Waals surface area contributed by atoms with Gasteiger partial charge in [-0.25, -0.2) is 0 Å². The average Bonchev–Trinajstić information content (AvgIpc) is 2.79. The van der Waals surface area contributed by atoms with Crippen LogP contribution >= 0.6 is 0 Å². The monoisotopic (exact) mass is 329 g/mol. The number of carbonyl (C=O) groups excluding carboxylic acids is 1. The molecular weight excluding hydrogens is 302 g/mol. The zero-order chi connectivity index (χ0) is 17.9. The van der Waals surface area contributed by atoms with Crippen molar-refractivity contribution in [3.63, 3.8) is 0 Å². The smallest absolute Gasteiger partial charge is 0.225 e. The highest BCUT2D eigenvalue weighted by Crippen LogP contribution is 2.24. The van der Waals surface area contributed by atoms with Crippen LogP contribution in [-0.2, 0) is 18.3 Å². The molecule has 130 valence electrons. The van der Waals surface area contributed by atoms with Gasteiger partial charge in [0.05, 0.1) is 25.3 Å². The number of benzene rings is 1. The first-order valence-corrected chi connectivity index (χ1v) is 8.25. The first kappa shape index (κ1) is 18.0. The summed E-state index contributed by atoms with van der Waals surface area (Å²) in [5, 5.41) is 7.54. The van der Waals surface area contributed by atoms with Crippen LogP contribution in [0.2, 0.25) is 0 Å². The number of aromatic nitrogens is 2. The van der Waals surface area contributed by atoms with Gasteiger partial charge in [0.15, 0.2) is 0 Å². The minimum Gasteiger partial charge on any atom is -0.497 e. The van der Waals surface area contributed by atoms with E-state index in [1.807, 2.05) is 49.8 Å². The Morgan fingerprint density at radius 2 is 1.88 bits per heavy atom. The Morgan fingerprint density at radius 1 is 1.25 bits per heavy atom. The number of nitrogens with one attached hydrogen (secondary N) is 1. The molecule has 1 N–H and O–H groups in total. The maximum absolute atomic E-state index is 12.6. The number of nitrogens with zero attached hydrogens (tertiary/aromatic N) is 2. The highest BCUT2D eigenvalue weighted by molar-refractivity contribution is 5.79. The molecule has 0 spiro atoms. The van der Waals surface area contributed by atoms with Crippen molar-refractivity contribution in [1.82, 2.24) is 15.1 Å². The molecule has 5 nitrogen and oxygen atoms in total. The second-order valence-corrected chi connectivity index (χ2v) is 6.51. The highest BCUT2D eigenvalue weighted by atomic mass is 16.5. The van der Waals surface area contributed by atoms with Gasteiger partial charge in [0.2, 0.25) is 5.91 Å². The van der Waals surface area contributed by atoms with E-state index in [0.717, 1.165) is 28.3 Å². The van der Waals surface area contributed by atoms with E-state index in [-0.39, 0.29) is 11.9 Å². The van der Waals surface area contributed by atoms with Crippen LogP contribution in [0, 0.1) is 19.8 Å². The van der Waals surface area contributed by atoms with Gasteiger partial charge in [-0.15, -0.1) is 0 Å². The lowest BCUT2D eigenvalue weighted by molar-refractivity contribution is -0.121.